The zero-order chi connectivity index (χ0) is 14.7. The minimum Gasteiger partial charge on any atom is -0.338 e. The van der Waals surface area contributed by atoms with Crippen molar-refractivity contribution in [1.29, 1.82) is 0 Å². The summed E-state index contributed by atoms with van der Waals surface area (Å²) in [7, 11) is 1.95. The molecule has 5 heteroatoms. The van der Waals surface area contributed by atoms with Crippen LogP contribution in [0.15, 0.2) is 24.3 Å². The number of amides is 2. The molecule has 21 heavy (non-hydrogen) atoms. The summed E-state index contributed by atoms with van der Waals surface area (Å²) in [6.07, 6.45) is 5.42. The molecule has 2 N–H and O–H groups in total. The third-order valence-electron chi connectivity index (χ3n) is 4.17. The molecule has 2 amide bonds. The van der Waals surface area contributed by atoms with Crippen LogP contribution in [0.4, 0.5) is 4.79 Å². The van der Waals surface area contributed by atoms with Gasteiger partial charge in [-0.05, 0) is 18.9 Å². The van der Waals surface area contributed by atoms with Gasteiger partial charge in [-0.3, -0.25) is 4.68 Å². The topological polar surface area (TPSA) is 59.0 Å². The molecule has 5 nitrogen and oxygen atoms in total. The van der Waals surface area contributed by atoms with Crippen LogP contribution in [0.3, 0.4) is 0 Å². The van der Waals surface area contributed by atoms with Gasteiger partial charge in [0.25, 0.3) is 0 Å². The molecule has 1 aliphatic rings. The minimum absolute atomic E-state index is 0.0536. The Morgan fingerprint density at radius 3 is 2.90 bits per heavy atom. The van der Waals surface area contributed by atoms with Crippen LogP contribution in [-0.4, -0.2) is 28.4 Å². The molecular formula is C16H22N4O. The second-order valence-electron chi connectivity index (χ2n) is 5.72. The van der Waals surface area contributed by atoms with Crippen LogP contribution in [0, 0.1) is 0 Å². The third kappa shape index (κ3) is 3.17. The maximum atomic E-state index is 11.8. The average molecular weight is 286 g/mol. The van der Waals surface area contributed by atoms with E-state index in [-0.39, 0.29) is 6.03 Å². The van der Waals surface area contributed by atoms with Crippen LogP contribution in [-0.2, 0) is 13.5 Å². The van der Waals surface area contributed by atoms with Crippen molar-refractivity contribution in [1.82, 2.24) is 20.4 Å². The van der Waals surface area contributed by atoms with E-state index in [1.165, 1.54) is 12.8 Å². The largest absolute Gasteiger partial charge is 0.338 e. The SMILES string of the molecule is Cn1nc(CCNC(=O)NC2CCCC2)c2ccccc21. The molecule has 1 aliphatic carbocycles. The van der Waals surface area contributed by atoms with E-state index in [0.717, 1.165) is 35.9 Å². The highest BCUT2D eigenvalue weighted by Crippen LogP contribution is 2.18. The second-order valence-corrected chi connectivity index (χ2v) is 5.72. The number of rotatable bonds is 4. The number of aromatic nitrogens is 2. The molecule has 0 bridgehead atoms. The van der Waals surface area contributed by atoms with Gasteiger partial charge in [0.15, 0.2) is 0 Å². The molecular weight excluding hydrogens is 264 g/mol. The number of hydrogen-bond donors (Lipinski definition) is 2. The van der Waals surface area contributed by atoms with Crippen molar-refractivity contribution in [3.63, 3.8) is 0 Å². The van der Waals surface area contributed by atoms with Gasteiger partial charge in [-0.25, -0.2) is 4.79 Å². The third-order valence-corrected chi connectivity index (χ3v) is 4.17. The quantitative estimate of drug-likeness (QED) is 0.906. The number of nitrogens with one attached hydrogen (secondary N) is 2. The predicted octanol–water partition coefficient (Wildman–Crippen LogP) is 2.36. The van der Waals surface area contributed by atoms with E-state index in [9.17, 15) is 4.79 Å². The average Bonchev–Trinajstić information content (AvgIpc) is 3.09. The molecule has 1 aromatic heterocycles. The molecule has 0 unspecified atom stereocenters. The first kappa shape index (κ1) is 13.9. The van der Waals surface area contributed by atoms with E-state index in [1.807, 2.05) is 23.9 Å². The van der Waals surface area contributed by atoms with Crippen molar-refractivity contribution in [3.05, 3.63) is 30.0 Å². The Labute approximate surface area is 124 Å². The monoisotopic (exact) mass is 286 g/mol. The summed E-state index contributed by atoms with van der Waals surface area (Å²) < 4.78 is 1.89. The molecule has 0 spiro atoms. The van der Waals surface area contributed by atoms with Crippen LogP contribution in [0.2, 0.25) is 0 Å². The van der Waals surface area contributed by atoms with Crippen molar-refractivity contribution in [3.8, 4) is 0 Å². The van der Waals surface area contributed by atoms with E-state index in [1.54, 1.807) is 0 Å². The molecule has 3 rings (SSSR count). The zero-order valence-corrected chi connectivity index (χ0v) is 12.4. The smallest absolute Gasteiger partial charge is 0.315 e. The highest BCUT2D eigenvalue weighted by atomic mass is 16.2. The molecule has 0 aliphatic heterocycles. The van der Waals surface area contributed by atoms with E-state index < -0.39 is 0 Å². The summed E-state index contributed by atoms with van der Waals surface area (Å²) in [6, 6.07) is 8.49. The van der Waals surface area contributed by atoms with Gasteiger partial charge in [-0.15, -0.1) is 0 Å². The van der Waals surface area contributed by atoms with Crippen molar-refractivity contribution in [2.24, 2.45) is 7.05 Å². The lowest BCUT2D eigenvalue weighted by atomic mass is 10.2. The van der Waals surface area contributed by atoms with Gasteiger partial charge in [-0.2, -0.15) is 5.10 Å². The number of nitrogens with zero attached hydrogens (tertiary/aromatic N) is 2. The number of benzene rings is 1. The molecule has 2 aromatic rings. The van der Waals surface area contributed by atoms with Crippen molar-refractivity contribution < 1.29 is 4.79 Å². The predicted molar refractivity (Wildman–Crippen MR) is 83.2 cm³/mol. The van der Waals surface area contributed by atoms with Gasteiger partial charge in [-0.1, -0.05) is 31.0 Å². The Morgan fingerprint density at radius 1 is 1.33 bits per heavy atom. The van der Waals surface area contributed by atoms with E-state index in [2.05, 4.69) is 27.9 Å². The van der Waals surface area contributed by atoms with Gasteiger partial charge in [0, 0.05) is 31.4 Å². The van der Waals surface area contributed by atoms with Crippen LogP contribution < -0.4 is 10.6 Å². The van der Waals surface area contributed by atoms with Crippen molar-refractivity contribution in [2.45, 2.75) is 38.1 Å². The zero-order valence-electron chi connectivity index (χ0n) is 12.4. The summed E-state index contributed by atoms with van der Waals surface area (Å²) in [4.78, 5) is 11.8. The molecule has 0 radical (unpaired) electrons. The minimum atomic E-state index is -0.0536. The summed E-state index contributed by atoms with van der Waals surface area (Å²) in [5, 5.41) is 11.7. The van der Waals surface area contributed by atoms with Crippen LogP contribution in [0.5, 0.6) is 0 Å². The first-order chi connectivity index (χ1) is 10.2. The van der Waals surface area contributed by atoms with E-state index in [0.29, 0.717) is 12.6 Å². The summed E-state index contributed by atoms with van der Waals surface area (Å²) in [6.45, 7) is 0.611. The van der Waals surface area contributed by atoms with Crippen LogP contribution >= 0.6 is 0 Å². The number of hydrogen-bond acceptors (Lipinski definition) is 2. The molecule has 112 valence electrons. The number of urea groups is 1. The Bertz CT molecular complexity index is 628. The second kappa shape index (κ2) is 6.16. The van der Waals surface area contributed by atoms with E-state index in [4.69, 9.17) is 0 Å². The number of aryl methyl sites for hydroxylation is 1. The Hall–Kier alpha value is -2.04. The molecule has 0 atom stereocenters. The highest BCUT2D eigenvalue weighted by molar-refractivity contribution is 5.82. The van der Waals surface area contributed by atoms with Crippen molar-refractivity contribution in [2.75, 3.05) is 6.54 Å². The molecule has 1 aromatic carbocycles. The number of carbonyl (C=O) groups is 1. The fraction of sp³-hybridized carbons (Fsp3) is 0.500. The number of para-hydroxylation sites is 1. The van der Waals surface area contributed by atoms with Gasteiger partial charge in [0.2, 0.25) is 0 Å². The molecule has 0 saturated heterocycles. The van der Waals surface area contributed by atoms with Gasteiger partial charge < -0.3 is 10.6 Å². The normalized spacial score (nSPS) is 15.5. The lowest BCUT2D eigenvalue weighted by Gasteiger charge is -2.12. The fourth-order valence-corrected chi connectivity index (χ4v) is 3.07. The van der Waals surface area contributed by atoms with Gasteiger partial charge in [0.1, 0.15) is 0 Å². The Balaban J connectivity index is 1.53. The Morgan fingerprint density at radius 2 is 2.10 bits per heavy atom. The van der Waals surface area contributed by atoms with Crippen molar-refractivity contribution >= 4 is 16.9 Å². The fourth-order valence-electron chi connectivity index (χ4n) is 3.07. The Kier molecular flexibility index (Phi) is 4.08. The number of fused-ring (bicyclic) bond motifs is 1. The lowest BCUT2D eigenvalue weighted by molar-refractivity contribution is 0.237. The summed E-state index contributed by atoms with van der Waals surface area (Å²) in [5.41, 5.74) is 2.16. The van der Waals surface area contributed by atoms with Gasteiger partial charge >= 0.3 is 6.03 Å². The van der Waals surface area contributed by atoms with Crippen LogP contribution in [0.1, 0.15) is 31.4 Å². The first-order valence-corrected chi connectivity index (χ1v) is 7.69. The molecule has 1 fully saturated rings. The molecule has 1 saturated carbocycles. The summed E-state index contributed by atoms with van der Waals surface area (Å²) >= 11 is 0. The number of carbonyl (C=O) groups excluding carboxylic acids is 1. The summed E-state index contributed by atoms with van der Waals surface area (Å²) in [5.74, 6) is 0. The van der Waals surface area contributed by atoms with Gasteiger partial charge in [0.05, 0.1) is 11.2 Å². The first-order valence-electron chi connectivity index (χ1n) is 7.69. The standard InChI is InChI=1S/C16H22N4O/c1-20-15-9-5-4-8-13(15)14(19-20)10-11-17-16(21)18-12-6-2-3-7-12/h4-5,8-9,12H,2-3,6-7,10-11H2,1H3,(H2,17,18,21). The lowest BCUT2D eigenvalue weighted by Crippen LogP contribution is -2.41. The maximum Gasteiger partial charge on any atom is 0.315 e. The highest BCUT2D eigenvalue weighted by Gasteiger charge is 2.16. The van der Waals surface area contributed by atoms with Crippen LogP contribution in [0.25, 0.3) is 10.9 Å². The molecule has 1 heterocycles. The maximum absolute atomic E-state index is 11.8. The van der Waals surface area contributed by atoms with E-state index >= 15 is 0 Å².